The molecule has 5 heteroatoms. The van der Waals surface area contributed by atoms with Crippen LogP contribution in [0.4, 0.5) is 0 Å². The lowest BCUT2D eigenvalue weighted by atomic mass is 9.93. The summed E-state index contributed by atoms with van der Waals surface area (Å²) < 4.78 is 10.4. The Balaban J connectivity index is 1.72. The van der Waals surface area contributed by atoms with E-state index in [2.05, 4.69) is 16.8 Å². The first-order valence-corrected chi connectivity index (χ1v) is 8.82. The van der Waals surface area contributed by atoms with Gasteiger partial charge in [-0.25, -0.2) is 9.78 Å². The number of ether oxygens (including phenoxy) is 1. The Morgan fingerprint density at radius 2 is 1.82 bits per heavy atom. The molecular formula is C23H19NO4. The number of ketones is 1. The number of nitrogens with zero attached hydrogens (tertiary/aromatic N) is 1. The number of aromatic nitrogens is 1. The van der Waals surface area contributed by atoms with Crippen LogP contribution in [0.25, 0.3) is 0 Å². The number of carbonyl (C=O) groups excluding carboxylic acids is 2. The summed E-state index contributed by atoms with van der Waals surface area (Å²) in [7, 11) is 0. The Morgan fingerprint density at radius 3 is 2.54 bits per heavy atom. The summed E-state index contributed by atoms with van der Waals surface area (Å²) in [5.41, 5.74) is 2.61. The van der Waals surface area contributed by atoms with Gasteiger partial charge in [-0.1, -0.05) is 60.5 Å². The van der Waals surface area contributed by atoms with E-state index in [1.807, 2.05) is 49.4 Å². The standard InChI is InChI=1S/C23H19NO4/c1-16(12-13-21(25)27-14-18-8-4-3-5-9-18)19-10-6-7-11-20(19)22(26)23-17(2)24-15-28-23/h3-11,15-16H,14H2,1-2H3. The zero-order valence-electron chi connectivity index (χ0n) is 15.6. The minimum Gasteiger partial charge on any atom is -0.451 e. The fourth-order valence-corrected chi connectivity index (χ4v) is 2.73. The van der Waals surface area contributed by atoms with E-state index in [1.54, 1.807) is 19.1 Å². The molecule has 0 spiro atoms. The van der Waals surface area contributed by atoms with E-state index in [-0.39, 0.29) is 24.1 Å². The number of carbonyl (C=O) groups is 2. The normalized spacial score (nSPS) is 11.2. The molecule has 0 radical (unpaired) electrons. The first-order valence-electron chi connectivity index (χ1n) is 8.82. The molecule has 1 unspecified atom stereocenters. The van der Waals surface area contributed by atoms with Gasteiger partial charge in [0.2, 0.25) is 5.78 Å². The molecule has 0 N–H and O–H groups in total. The average molecular weight is 373 g/mol. The summed E-state index contributed by atoms with van der Waals surface area (Å²) in [6.07, 6.45) is 1.25. The van der Waals surface area contributed by atoms with Crippen LogP contribution in [0.1, 0.15) is 45.8 Å². The SMILES string of the molecule is Cc1ncoc1C(=O)c1ccccc1C(C)C#CC(=O)OCc1ccccc1. The highest BCUT2D eigenvalue weighted by Gasteiger charge is 2.21. The highest BCUT2D eigenvalue weighted by atomic mass is 16.5. The Bertz CT molecular complexity index is 1040. The summed E-state index contributed by atoms with van der Waals surface area (Å²) in [5.74, 6) is 4.37. The third kappa shape index (κ3) is 4.54. The van der Waals surface area contributed by atoms with E-state index in [9.17, 15) is 9.59 Å². The summed E-state index contributed by atoms with van der Waals surface area (Å²) in [5, 5.41) is 0. The maximum Gasteiger partial charge on any atom is 0.384 e. The van der Waals surface area contributed by atoms with Crippen LogP contribution in [0, 0.1) is 18.8 Å². The van der Waals surface area contributed by atoms with E-state index in [0.717, 1.165) is 5.56 Å². The van der Waals surface area contributed by atoms with E-state index < -0.39 is 5.97 Å². The molecule has 5 nitrogen and oxygen atoms in total. The number of benzene rings is 2. The molecule has 0 aliphatic heterocycles. The van der Waals surface area contributed by atoms with Crippen molar-refractivity contribution in [3.63, 3.8) is 0 Å². The van der Waals surface area contributed by atoms with Crippen LogP contribution in [-0.4, -0.2) is 16.7 Å². The van der Waals surface area contributed by atoms with Gasteiger partial charge >= 0.3 is 5.97 Å². The number of rotatable bonds is 5. The van der Waals surface area contributed by atoms with E-state index >= 15 is 0 Å². The highest BCUT2D eigenvalue weighted by molar-refractivity contribution is 6.08. The third-order valence-corrected chi connectivity index (χ3v) is 4.23. The summed E-state index contributed by atoms with van der Waals surface area (Å²) >= 11 is 0. The zero-order valence-corrected chi connectivity index (χ0v) is 15.6. The molecular weight excluding hydrogens is 354 g/mol. The largest absolute Gasteiger partial charge is 0.451 e. The van der Waals surface area contributed by atoms with Crippen molar-refractivity contribution in [2.24, 2.45) is 0 Å². The first kappa shape index (κ1) is 19.1. The minimum atomic E-state index is -0.606. The molecule has 0 saturated carbocycles. The van der Waals surface area contributed by atoms with Crippen molar-refractivity contribution >= 4 is 11.8 Å². The second kappa shape index (κ2) is 8.83. The predicted octanol–water partition coefficient (Wildman–Crippen LogP) is 4.06. The molecule has 0 amide bonds. The Hall–Kier alpha value is -3.65. The quantitative estimate of drug-likeness (QED) is 0.292. The van der Waals surface area contributed by atoms with Crippen LogP contribution in [0.3, 0.4) is 0 Å². The summed E-state index contributed by atoms with van der Waals surface area (Å²) in [6.45, 7) is 3.71. The summed E-state index contributed by atoms with van der Waals surface area (Å²) in [6, 6.07) is 16.5. The van der Waals surface area contributed by atoms with Gasteiger partial charge in [0.1, 0.15) is 6.61 Å². The monoisotopic (exact) mass is 373 g/mol. The molecule has 3 rings (SSSR count). The van der Waals surface area contributed by atoms with Crippen LogP contribution < -0.4 is 0 Å². The molecule has 1 aromatic heterocycles. The van der Waals surface area contributed by atoms with Gasteiger partial charge in [0, 0.05) is 17.4 Å². The topological polar surface area (TPSA) is 69.4 Å². The van der Waals surface area contributed by atoms with E-state index in [1.165, 1.54) is 6.39 Å². The lowest BCUT2D eigenvalue weighted by molar-refractivity contribution is -0.137. The second-order valence-corrected chi connectivity index (χ2v) is 6.24. The van der Waals surface area contributed by atoms with Crippen molar-refractivity contribution in [3.8, 4) is 11.8 Å². The molecule has 0 saturated heterocycles. The third-order valence-electron chi connectivity index (χ3n) is 4.23. The smallest absolute Gasteiger partial charge is 0.384 e. The van der Waals surface area contributed by atoms with Gasteiger partial charge in [-0.05, 0) is 25.0 Å². The maximum absolute atomic E-state index is 12.8. The van der Waals surface area contributed by atoms with Gasteiger partial charge < -0.3 is 9.15 Å². The van der Waals surface area contributed by atoms with Crippen molar-refractivity contribution in [2.45, 2.75) is 26.4 Å². The van der Waals surface area contributed by atoms with Gasteiger partial charge in [-0.3, -0.25) is 4.79 Å². The van der Waals surface area contributed by atoms with Gasteiger partial charge in [0.15, 0.2) is 12.2 Å². The molecule has 0 bridgehead atoms. The highest BCUT2D eigenvalue weighted by Crippen LogP contribution is 2.23. The average Bonchev–Trinajstić information content (AvgIpc) is 3.16. The lowest BCUT2D eigenvalue weighted by Crippen LogP contribution is -2.08. The van der Waals surface area contributed by atoms with Gasteiger partial charge in [0.05, 0.1) is 5.69 Å². The molecule has 1 atom stereocenters. The van der Waals surface area contributed by atoms with Crippen molar-refractivity contribution in [1.29, 1.82) is 0 Å². The number of esters is 1. The molecule has 28 heavy (non-hydrogen) atoms. The first-order chi connectivity index (χ1) is 13.6. The van der Waals surface area contributed by atoms with Crippen LogP contribution in [0.15, 0.2) is 65.4 Å². The zero-order chi connectivity index (χ0) is 19.9. The van der Waals surface area contributed by atoms with Crippen molar-refractivity contribution in [1.82, 2.24) is 4.98 Å². The molecule has 0 fully saturated rings. The molecule has 2 aromatic carbocycles. The maximum atomic E-state index is 12.8. The van der Waals surface area contributed by atoms with Crippen LogP contribution >= 0.6 is 0 Å². The molecule has 0 aliphatic rings. The van der Waals surface area contributed by atoms with Crippen LogP contribution in [-0.2, 0) is 16.1 Å². The van der Waals surface area contributed by atoms with Crippen LogP contribution in [0.5, 0.6) is 0 Å². The Kier molecular flexibility index (Phi) is 6.03. The Morgan fingerprint density at radius 1 is 1.11 bits per heavy atom. The fourth-order valence-electron chi connectivity index (χ4n) is 2.73. The number of hydrogen-bond acceptors (Lipinski definition) is 5. The Labute approximate surface area is 163 Å². The molecule has 0 aliphatic carbocycles. The van der Waals surface area contributed by atoms with Crippen molar-refractivity contribution in [2.75, 3.05) is 0 Å². The van der Waals surface area contributed by atoms with Crippen molar-refractivity contribution < 1.29 is 18.7 Å². The van der Waals surface area contributed by atoms with Gasteiger partial charge in [0.25, 0.3) is 0 Å². The second-order valence-electron chi connectivity index (χ2n) is 6.24. The van der Waals surface area contributed by atoms with Gasteiger partial charge in [-0.2, -0.15) is 0 Å². The lowest BCUT2D eigenvalue weighted by Gasteiger charge is -2.10. The predicted molar refractivity (Wildman–Crippen MR) is 104 cm³/mol. The molecule has 140 valence electrons. The number of oxazole rings is 1. The number of hydrogen-bond donors (Lipinski definition) is 0. The van der Waals surface area contributed by atoms with Gasteiger partial charge in [-0.15, -0.1) is 0 Å². The number of aryl methyl sites for hydroxylation is 1. The van der Waals surface area contributed by atoms with E-state index in [0.29, 0.717) is 16.8 Å². The summed E-state index contributed by atoms with van der Waals surface area (Å²) in [4.78, 5) is 28.7. The molecule has 1 heterocycles. The molecule has 3 aromatic rings. The van der Waals surface area contributed by atoms with E-state index in [4.69, 9.17) is 9.15 Å². The van der Waals surface area contributed by atoms with Crippen molar-refractivity contribution in [3.05, 3.63) is 89.1 Å². The fraction of sp³-hybridized carbons (Fsp3) is 0.174. The van der Waals surface area contributed by atoms with Crippen LogP contribution in [0.2, 0.25) is 0 Å². The minimum absolute atomic E-state index is 0.169.